The second-order valence-electron chi connectivity index (χ2n) is 6.50. The highest BCUT2D eigenvalue weighted by Crippen LogP contribution is 2.26. The Labute approximate surface area is 165 Å². The molecule has 0 radical (unpaired) electrons. The molecule has 1 aromatic heterocycles. The Morgan fingerprint density at radius 1 is 1.04 bits per heavy atom. The van der Waals surface area contributed by atoms with Crippen molar-refractivity contribution in [1.82, 2.24) is 9.97 Å². The zero-order valence-electron chi connectivity index (χ0n) is 16.5. The lowest BCUT2D eigenvalue weighted by atomic mass is 10.1. The van der Waals surface area contributed by atoms with Crippen LogP contribution in [0.4, 0.5) is 23.1 Å². The summed E-state index contributed by atoms with van der Waals surface area (Å²) >= 11 is 0. The Kier molecular flexibility index (Phi) is 5.89. The van der Waals surface area contributed by atoms with Crippen molar-refractivity contribution in [2.45, 2.75) is 27.2 Å². The first-order chi connectivity index (χ1) is 13.5. The van der Waals surface area contributed by atoms with Crippen LogP contribution in [0.1, 0.15) is 34.1 Å². The monoisotopic (exact) mass is 376 g/mol. The fourth-order valence-electron chi connectivity index (χ4n) is 2.99. The van der Waals surface area contributed by atoms with Crippen LogP contribution in [0, 0.1) is 13.8 Å². The van der Waals surface area contributed by atoms with Crippen molar-refractivity contribution >= 4 is 29.1 Å². The number of carbonyl (C=O) groups is 1. The van der Waals surface area contributed by atoms with E-state index in [0.717, 1.165) is 23.4 Å². The summed E-state index contributed by atoms with van der Waals surface area (Å²) in [4.78, 5) is 20.8. The lowest BCUT2D eigenvalue weighted by Crippen LogP contribution is -2.05. The van der Waals surface area contributed by atoms with E-state index in [-0.39, 0.29) is 5.97 Å². The Hall–Kier alpha value is -3.41. The van der Waals surface area contributed by atoms with Gasteiger partial charge in [-0.3, -0.25) is 0 Å². The smallest absolute Gasteiger partial charge is 0.337 e. The van der Waals surface area contributed by atoms with Crippen LogP contribution in [0.3, 0.4) is 0 Å². The van der Waals surface area contributed by atoms with Crippen molar-refractivity contribution < 1.29 is 9.53 Å². The summed E-state index contributed by atoms with van der Waals surface area (Å²) < 4.78 is 4.77. The van der Waals surface area contributed by atoms with E-state index in [1.165, 1.54) is 12.7 Å². The topological polar surface area (TPSA) is 76.1 Å². The zero-order valence-corrected chi connectivity index (χ0v) is 16.5. The molecule has 0 saturated carbocycles. The first-order valence-electron chi connectivity index (χ1n) is 9.16. The maximum atomic E-state index is 11.7. The van der Waals surface area contributed by atoms with Crippen molar-refractivity contribution in [2.24, 2.45) is 0 Å². The fraction of sp³-hybridized carbons (Fsp3) is 0.227. The Bertz CT molecular complexity index is 1000. The lowest BCUT2D eigenvalue weighted by Gasteiger charge is -2.15. The maximum absolute atomic E-state index is 11.7. The van der Waals surface area contributed by atoms with Crippen molar-refractivity contribution in [3.63, 3.8) is 0 Å². The molecule has 3 aromatic rings. The number of carbonyl (C=O) groups excluding carboxylic acids is 1. The standard InChI is InChI=1S/C22H24N4O2/c1-5-16-9-6-8-14(2)20(16)25-19-12-15(3)23-22(26-19)24-18-11-7-10-17(13-18)21(27)28-4/h6-13H,5H2,1-4H3,(H2,23,24,25,26). The molecule has 0 aliphatic rings. The van der Waals surface area contributed by atoms with Gasteiger partial charge in [0.25, 0.3) is 0 Å². The van der Waals surface area contributed by atoms with Crippen molar-refractivity contribution in [3.8, 4) is 0 Å². The fourth-order valence-corrected chi connectivity index (χ4v) is 2.99. The molecule has 2 aromatic carbocycles. The van der Waals surface area contributed by atoms with Crippen LogP contribution < -0.4 is 10.6 Å². The number of esters is 1. The number of ether oxygens (including phenoxy) is 1. The van der Waals surface area contributed by atoms with Crippen LogP contribution in [0.25, 0.3) is 0 Å². The second kappa shape index (κ2) is 8.52. The molecule has 0 aliphatic heterocycles. The molecule has 0 bridgehead atoms. The summed E-state index contributed by atoms with van der Waals surface area (Å²) in [5.74, 6) is 0.780. The van der Waals surface area contributed by atoms with Gasteiger partial charge in [-0.05, 0) is 49.6 Å². The summed E-state index contributed by atoms with van der Waals surface area (Å²) in [6, 6.07) is 15.2. The average Bonchev–Trinajstić information content (AvgIpc) is 2.68. The SMILES string of the molecule is CCc1cccc(C)c1Nc1cc(C)nc(Nc2cccc(C(=O)OC)c2)n1. The number of para-hydroxylation sites is 1. The number of hydrogen-bond donors (Lipinski definition) is 2. The van der Waals surface area contributed by atoms with E-state index >= 15 is 0 Å². The number of rotatable bonds is 6. The van der Waals surface area contributed by atoms with Crippen LogP contribution in [0.15, 0.2) is 48.5 Å². The molecule has 2 N–H and O–H groups in total. The molecule has 0 spiro atoms. The summed E-state index contributed by atoms with van der Waals surface area (Å²) in [6.07, 6.45) is 0.930. The minimum atomic E-state index is -0.386. The Morgan fingerprint density at radius 3 is 2.57 bits per heavy atom. The van der Waals surface area contributed by atoms with E-state index in [2.05, 4.69) is 52.6 Å². The molecular formula is C22H24N4O2. The van der Waals surface area contributed by atoms with Crippen molar-refractivity contribution in [2.75, 3.05) is 17.7 Å². The van der Waals surface area contributed by atoms with Crippen LogP contribution in [-0.4, -0.2) is 23.0 Å². The van der Waals surface area contributed by atoms with E-state index in [9.17, 15) is 4.79 Å². The normalized spacial score (nSPS) is 10.4. The molecular weight excluding hydrogens is 352 g/mol. The van der Waals surface area contributed by atoms with E-state index in [4.69, 9.17) is 4.74 Å². The summed E-state index contributed by atoms with van der Waals surface area (Å²) in [5, 5.41) is 6.60. The van der Waals surface area contributed by atoms with Crippen molar-refractivity contribution in [3.05, 3.63) is 70.9 Å². The van der Waals surface area contributed by atoms with Crippen LogP contribution in [0.5, 0.6) is 0 Å². The summed E-state index contributed by atoms with van der Waals surface area (Å²) in [7, 11) is 1.36. The van der Waals surface area contributed by atoms with Crippen molar-refractivity contribution in [1.29, 1.82) is 0 Å². The molecule has 0 saturated heterocycles. The van der Waals surface area contributed by atoms with Gasteiger partial charge in [0.05, 0.1) is 12.7 Å². The van der Waals surface area contributed by atoms with E-state index in [0.29, 0.717) is 23.0 Å². The van der Waals surface area contributed by atoms with Gasteiger partial charge in [-0.15, -0.1) is 0 Å². The zero-order chi connectivity index (χ0) is 20.1. The van der Waals surface area contributed by atoms with Gasteiger partial charge in [-0.1, -0.05) is 31.2 Å². The third kappa shape index (κ3) is 4.46. The number of methoxy groups -OCH3 is 1. The average molecular weight is 376 g/mol. The highest BCUT2D eigenvalue weighted by Gasteiger charge is 2.10. The number of aromatic nitrogens is 2. The Morgan fingerprint density at radius 2 is 1.82 bits per heavy atom. The van der Waals surface area contributed by atoms with Gasteiger partial charge in [0, 0.05) is 23.1 Å². The number of nitrogens with one attached hydrogen (secondary N) is 2. The molecule has 3 rings (SSSR count). The van der Waals surface area contributed by atoms with Crippen LogP contribution >= 0.6 is 0 Å². The molecule has 28 heavy (non-hydrogen) atoms. The number of hydrogen-bond acceptors (Lipinski definition) is 6. The molecule has 0 unspecified atom stereocenters. The molecule has 0 amide bonds. The summed E-state index contributed by atoms with van der Waals surface area (Å²) in [6.45, 7) is 6.13. The molecule has 1 heterocycles. The third-order valence-electron chi connectivity index (χ3n) is 4.39. The Balaban J connectivity index is 1.88. The second-order valence-corrected chi connectivity index (χ2v) is 6.50. The van der Waals surface area contributed by atoms with Crippen LogP contribution in [0.2, 0.25) is 0 Å². The lowest BCUT2D eigenvalue weighted by molar-refractivity contribution is 0.0601. The van der Waals surface area contributed by atoms with Gasteiger partial charge in [-0.2, -0.15) is 4.98 Å². The van der Waals surface area contributed by atoms with E-state index in [1.807, 2.05) is 19.1 Å². The number of nitrogens with zero attached hydrogens (tertiary/aromatic N) is 2. The minimum absolute atomic E-state index is 0.386. The molecule has 6 nitrogen and oxygen atoms in total. The summed E-state index contributed by atoms with van der Waals surface area (Å²) in [5.41, 5.74) is 5.47. The molecule has 0 fully saturated rings. The van der Waals surface area contributed by atoms with Gasteiger partial charge in [0.15, 0.2) is 0 Å². The maximum Gasteiger partial charge on any atom is 0.337 e. The molecule has 0 atom stereocenters. The van der Waals surface area contributed by atoms with E-state index < -0.39 is 0 Å². The number of benzene rings is 2. The van der Waals surface area contributed by atoms with E-state index in [1.54, 1.807) is 18.2 Å². The van der Waals surface area contributed by atoms with Gasteiger partial charge in [0.2, 0.25) is 5.95 Å². The first-order valence-corrected chi connectivity index (χ1v) is 9.16. The molecule has 0 aliphatic carbocycles. The predicted molar refractivity (Wildman–Crippen MR) is 112 cm³/mol. The van der Waals surface area contributed by atoms with Gasteiger partial charge in [-0.25, -0.2) is 9.78 Å². The van der Waals surface area contributed by atoms with Gasteiger partial charge >= 0.3 is 5.97 Å². The van der Waals surface area contributed by atoms with Gasteiger partial charge < -0.3 is 15.4 Å². The van der Waals surface area contributed by atoms with Crippen LogP contribution in [-0.2, 0) is 11.2 Å². The molecule has 6 heteroatoms. The highest BCUT2D eigenvalue weighted by atomic mass is 16.5. The van der Waals surface area contributed by atoms with Gasteiger partial charge in [0.1, 0.15) is 5.82 Å². The third-order valence-corrected chi connectivity index (χ3v) is 4.39. The predicted octanol–water partition coefficient (Wildman–Crippen LogP) is 4.93. The highest BCUT2D eigenvalue weighted by molar-refractivity contribution is 5.90. The first kappa shape index (κ1) is 19.4. The molecule has 144 valence electrons. The number of aryl methyl sites for hydroxylation is 3. The number of anilines is 4. The quantitative estimate of drug-likeness (QED) is 0.594. The largest absolute Gasteiger partial charge is 0.465 e. The minimum Gasteiger partial charge on any atom is -0.465 e.